The van der Waals surface area contributed by atoms with Crippen molar-refractivity contribution in [1.82, 2.24) is 8.75 Å². The van der Waals surface area contributed by atoms with E-state index in [1.807, 2.05) is 0 Å². The summed E-state index contributed by atoms with van der Waals surface area (Å²) in [6.45, 7) is 4.94. The van der Waals surface area contributed by atoms with Crippen LogP contribution in [-0.2, 0) is 14.8 Å². The number of rotatable bonds is 9. The first-order chi connectivity index (χ1) is 16.6. The fourth-order valence-corrected chi connectivity index (χ4v) is 5.92. The van der Waals surface area contributed by atoms with Crippen molar-refractivity contribution in [2.45, 2.75) is 25.7 Å². The number of methoxy groups -OCH3 is 1. The summed E-state index contributed by atoms with van der Waals surface area (Å²) in [7, 11) is -2.56. The highest BCUT2D eigenvalue weighted by Gasteiger charge is 2.26. The molecule has 0 bridgehead atoms. The zero-order valence-electron chi connectivity index (χ0n) is 19.0. The first-order valence-electron chi connectivity index (χ1n) is 9.96. The zero-order chi connectivity index (χ0) is 25.8. The molecule has 35 heavy (non-hydrogen) atoms. The van der Waals surface area contributed by atoms with Gasteiger partial charge in [0.05, 0.1) is 30.3 Å². The van der Waals surface area contributed by atoms with Crippen molar-refractivity contribution in [2.24, 2.45) is 0 Å². The molecule has 0 aliphatic heterocycles. The van der Waals surface area contributed by atoms with Gasteiger partial charge in [0.25, 0.3) is 15.9 Å². The van der Waals surface area contributed by atoms with Gasteiger partial charge in [-0.1, -0.05) is 0 Å². The molecular formula is C20H21N5O6S4. The summed E-state index contributed by atoms with van der Waals surface area (Å²) < 4.78 is 45.4. The maximum atomic E-state index is 12.6. The summed E-state index contributed by atoms with van der Waals surface area (Å²) in [4.78, 5) is 25.2. The minimum atomic E-state index is -3.92. The van der Waals surface area contributed by atoms with Crippen LogP contribution in [0.3, 0.4) is 0 Å². The number of ketones is 1. The van der Waals surface area contributed by atoms with E-state index in [0.29, 0.717) is 15.6 Å². The van der Waals surface area contributed by atoms with E-state index in [-0.39, 0.29) is 45.2 Å². The van der Waals surface area contributed by atoms with Crippen LogP contribution in [0.25, 0.3) is 0 Å². The minimum absolute atomic E-state index is 0.00125. The standard InChI is InChI=1S/C20H21N5O6S4/c1-5-31-19(27)15-14(10(2)26)11(3)33-18(15)22-20(32)21-12-6-8-13(9-7-12)35(28,29)25-16-17(30-4)24-34-23-16/h6-9H,5H2,1-4H3,(H,23,25)(H2,21,22,32). The number of thiophene rings is 1. The van der Waals surface area contributed by atoms with Gasteiger partial charge in [0.2, 0.25) is 5.82 Å². The molecule has 0 aliphatic carbocycles. The molecule has 3 N–H and O–H groups in total. The second-order valence-electron chi connectivity index (χ2n) is 6.85. The monoisotopic (exact) mass is 555 g/mol. The van der Waals surface area contributed by atoms with Gasteiger partial charge in [0, 0.05) is 16.1 Å². The van der Waals surface area contributed by atoms with Crippen LogP contribution in [0, 0.1) is 6.92 Å². The summed E-state index contributed by atoms with van der Waals surface area (Å²) in [6, 6.07) is 5.80. The Morgan fingerprint density at radius 3 is 2.40 bits per heavy atom. The van der Waals surface area contributed by atoms with Crippen LogP contribution in [0.15, 0.2) is 29.2 Å². The number of benzene rings is 1. The van der Waals surface area contributed by atoms with Gasteiger partial charge in [-0.05, 0) is 57.3 Å². The fourth-order valence-electron chi connectivity index (χ4n) is 3.00. The number of sulfonamides is 1. The van der Waals surface area contributed by atoms with Crippen molar-refractivity contribution in [2.75, 3.05) is 29.1 Å². The number of hydrogen-bond donors (Lipinski definition) is 3. The van der Waals surface area contributed by atoms with Crippen LogP contribution in [0.4, 0.5) is 16.5 Å². The molecule has 2 heterocycles. The van der Waals surface area contributed by atoms with E-state index < -0.39 is 16.0 Å². The van der Waals surface area contributed by atoms with Gasteiger partial charge >= 0.3 is 5.97 Å². The highest BCUT2D eigenvalue weighted by molar-refractivity contribution is 7.92. The van der Waals surface area contributed by atoms with Gasteiger partial charge in [-0.15, -0.1) is 15.7 Å². The molecule has 186 valence electrons. The van der Waals surface area contributed by atoms with Gasteiger partial charge < -0.3 is 20.1 Å². The normalized spacial score (nSPS) is 11.0. The van der Waals surface area contributed by atoms with Gasteiger partial charge in [-0.3, -0.25) is 9.52 Å². The minimum Gasteiger partial charge on any atom is -0.478 e. The Labute approximate surface area is 215 Å². The molecule has 0 spiro atoms. The van der Waals surface area contributed by atoms with E-state index in [2.05, 4.69) is 24.1 Å². The number of nitrogens with one attached hydrogen (secondary N) is 3. The second kappa shape index (κ2) is 11.1. The zero-order valence-corrected chi connectivity index (χ0v) is 22.3. The first kappa shape index (κ1) is 26.5. The number of aromatic nitrogens is 2. The molecule has 0 unspecified atom stereocenters. The average Bonchev–Trinajstić information content (AvgIpc) is 3.36. The Kier molecular flexibility index (Phi) is 8.37. The third-order valence-corrected chi connectivity index (χ3v) is 7.54. The van der Waals surface area contributed by atoms with Crippen molar-refractivity contribution in [3.63, 3.8) is 0 Å². The summed E-state index contributed by atoms with van der Waals surface area (Å²) in [6.07, 6.45) is 0. The molecule has 11 nitrogen and oxygen atoms in total. The van der Waals surface area contributed by atoms with Crippen LogP contribution in [0.2, 0.25) is 0 Å². The van der Waals surface area contributed by atoms with E-state index in [0.717, 1.165) is 11.7 Å². The predicted octanol–water partition coefficient (Wildman–Crippen LogP) is 3.91. The lowest BCUT2D eigenvalue weighted by Crippen LogP contribution is -2.21. The SMILES string of the molecule is CCOC(=O)c1c(NC(=S)Nc2ccc(S(=O)(=O)Nc3nsnc3OC)cc2)sc(C)c1C(C)=O. The Morgan fingerprint density at radius 2 is 1.80 bits per heavy atom. The van der Waals surface area contributed by atoms with Crippen LogP contribution < -0.4 is 20.1 Å². The number of ether oxygens (including phenoxy) is 2. The molecular weight excluding hydrogens is 535 g/mol. The van der Waals surface area contributed by atoms with Crippen LogP contribution in [-0.4, -0.2) is 47.7 Å². The Bertz CT molecular complexity index is 1370. The van der Waals surface area contributed by atoms with Crippen molar-refractivity contribution in [3.8, 4) is 5.88 Å². The molecule has 0 fully saturated rings. The first-order valence-corrected chi connectivity index (χ1v) is 13.4. The molecule has 0 radical (unpaired) electrons. The molecule has 0 aliphatic rings. The molecule has 0 saturated carbocycles. The number of aryl methyl sites for hydroxylation is 1. The predicted molar refractivity (Wildman–Crippen MR) is 139 cm³/mol. The lowest BCUT2D eigenvalue weighted by molar-refractivity contribution is 0.0525. The Hall–Kier alpha value is -3.14. The number of Topliss-reactive ketones (excluding diaryl/α,β-unsaturated/α-hetero) is 1. The quantitative estimate of drug-likeness (QED) is 0.200. The summed E-state index contributed by atoms with van der Waals surface area (Å²) in [5.74, 6) is -0.808. The number of carbonyl (C=O) groups is 2. The summed E-state index contributed by atoms with van der Waals surface area (Å²) in [5, 5.41) is 6.36. The average molecular weight is 556 g/mol. The number of nitrogens with zero attached hydrogens (tertiary/aromatic N) is 2. The molecule has 0 saturated heterocycles. The van der Waals surface area contributed by atoms with Crippen molar-refractivity contribution >= 4 is 78.7 Å². The number of esters is 1. The maximum Gasteiger partial charge on any atom is 0.341 e. The molecule has 0 atom stereocenters. The van der Waals surface area contributed by atoms with Gasteiger partial charge in [0.1, 0.15) is 10.6 Å². The maximum absolute atomic E-state index is 12.6. The number of thiocarbonyl (C=S) groups is 1. The summed E-state index contributed by atoms with van der Waals surface area (Å²) >= 11 is 7.37. The van der Waals surface area contributed by atoms with Gasteiger partial charge in [-0.2, -0.15) is 4.37 Å². The van der Waals surface area contributed by atoms with Crippen LogP contribution in [0.5, 0.6) is 5.88 Å². The third kappa shape index (κ3) is 6.11. The number of carbonyl (C=O) groups excluding carboxylic acids is 2. The topological polar surface area (TPSA) is 149 Å². The lowest BCUT2D eigenvalue weighted by Gasteiger charge is -2.12. The molecule has 2 aromatic heterocycles. The molecule has 3 rings (SSSR count). The molecule has 1 aromatic carbocycles. The van der Waals surface area contributed by atoms with E-state index in [9.17, 15) is 18.0 Å². The number of anilines is 3. The molecule has 0 amide bonds. The smallest absolute Gasteiger partial charge is 0.341 e. The van der Waals surface area contributed by atoms with Crippen molar-refractivity contribution in [1.29, 1.82) is 0 Å². The van der Waals surface area contributed by atoms with Gasteiger partial charge in [-0.25, -0.2) is 13.2 Å². The highest BCUT2D eigenvalue weighted by Crippen LogP contribution is 2.34. The number of hydrogen-bond acceptors (Lipinski definition) is 11. The van der Waals surface area contributed by atoms with Crippen LogP contribution in [0.1, 0.15) is 39.4 Å². The fraction of sp³-hybridized carbons (Fsp3) is 0.250. The largest absolute Gasteiger partial charge is 0.478 e. The Morgan fingerprint density at radius 1 is 1.11 bits per heavy atom. The van der Waals surface area contributed by atoms with Gasteiger partial charge in [0.15, 0.2) is 10.9 Å². The molecule has 3 aromatic rings. The van der Waals surface area contributed by atoms with Crippen molar-refractivity contribution in [3.05, 3.63) is 40.3 Å². The third-order valence-electron chi connectivity index (χ3n) is 4.45. The molecule has 15 heteroatoms. The van der Waals surface area contributed by atoms with E-state index in [4.69, 9.17) is 21.7 Å². The second-order valence-corrected chi connectivity index (χ2v) is 10.7. The van der Waals surface area contributed by atoms with E-state index in [1.54, 1.807) is 13.8 Å². The van der Waals surface area contributed by atoms with E-state index >= 15 is 0 Å². The Balaban J connectivity index is 1.74. The lowest BCUT2D eigenvalue weighted by atomic mass is 10.1. The summed E-state index contributed by atoms with van der Waals surface area (Å²) in [5.41, 5.74) is 0.908. The van der Waals surface area contributed by atoms with Crippen LogP contribution >= 0.6 is 35.3 Å². The van der Waals surface area contributed by atoms with Crippen molar-refractivity contribution < 1.29 is 27.5 Å². The highest BCUT2D eigenvalue weighted by atomic mass is 32.2. The van der Waals surface area contributed by atoms with E-state index in [1.165, 1.54) is 49.6 Å².